The van der Waals surface area contributed by atoms with Gasteiger partial charge in [-0.1, -0.05) is 6.07 Å². The normalized spacial score (nSPS) is 21.3. The van der Waals surface area contributed by atoms with Gasteiger partial charge in [-0.3, -0.25) is 9.48 Å². The predicted molar refractivity (Wildman–Crippen MR) is 112 cm³/mol. The summed E-state index contributed by atoms with van der Waals surface area (Å²) in [5.74, 6) is 1.73. The lowest BCUT2D eigenvalue weighted by atomic mass is 9.79. The minimum Gasteiger partial charge on any atom is -0.341 e. The Kier molecular flexibility index (Phi) is 5.69. The summed E-state index contributed by atoms with van der Waals surface area (Å²) in [6.45, 7) is 4.17. The molecule has 2 fully saturated rings. The molecule has 6 heteroatoms. The second-order valence-electron chi connectivity index (χ2n) is 8.78. The van der Waals surface area contributed by atoms with Crippen LogP contribution in [0.15, 0.2) is 24.4 Å². The molecule has 0 spiro atoms. The summed E-state index contributed by atoms with van der Waals surface area (Å²) in [7, 11) is 4.15. The second kappa shape index (κ2) is 8.21. The Morgan fingerprint density at radius 2 is 1.75 bits per heavy atom. The van der Waals surface area contributed by atoms with Gasteiger partial charge in [0.2, 0.25) is 5.91 Å². The standard InChI is InChI=1S/C22H33N5O/c1-25-9-5-17(6-10-25)18-7-11-27(12-8-18)22(28)20(23)14-16-3-4-21-19(13-16)15-24-26(21)2/h3-4,13,15,17-18,20H,5-12,14,23H2,1-2H3. The fraction of sp³-hybridized carbons (Fsp3) is 0.636. The van der Waals surface area contributed by atoms with E-state index in [1.807, 2.05) is 22.8 Å². The number of likely N-dealkylation sites (tertiary alicyclic amines) is 2. The van der Waals surface area contributed by atoms with Gasteiger partial charge in [0.15, 0.2) is 0 Å². The highest BCUT2D eigenvalue weighted by Crippen LogP contribution is 2.32. The van der Waals surface area contributed by atoms with Crippen molar-refractivity contribution in [3.63, 3.8) is 0 Å². The monoisotopic (exact) mass is 383 g/mol. The molecule has 1 unspecified atom stereocenters. The summed E-state index contributed by atoms with van der Waals surface area (Å²) in [5.41, 5.74) is 8.50. The van der Waals surface area contributed by atoms with Crippen molar-refractivity contribution >= 4 is 16.8 Å². The van der Waals surface area contributed by atoms with E-state index in [1.54, 1.807) is 0 Å². The maximum Gasteiger partial charge on any atom is 0.239 e. The summed E-state index contributed by atoms with van der Waals surface area (Å²) in [5, 5.41) is 5.38. The summed E-state index contributed by atoms with van der Waals surface area (Å²) in [4.78, 5) is 17.3. The lowest BCUT2D eigenvalue weighted by molar-refractivity contribution is -0.134. The number of fused-ring (bicyclic) bond motifs is 1. The number of nitrogens with two attached hydrogens (primary N) is 1. The van der Waals surface area contributed by atoms with E-state index in [0.717, 1.165) is 54.2 Å². The van der Waals surface area contributed by atoms with Crippen molar-refractivity contribution in [2.45, 2.75) is 38.1 Å². The predicted octanol–water partition coefficient (Wildman–Crippen LogP) is 2.02. The molecular weight excluding hydrogens is 350 g/mol. The Morgan fingerprint density at radius 3 is 2.43 bits per heavy atom. The van der Waals surface area contributed by atoms with Crippen LogP contribution in [0, 0.1) is 11.8 Å². The first kappa shape index (κ1) is 19.4. The highest BCUT2D eigenvalue weighted by atomic mass is 16.2. The van der Waals surface area contributed by atoms with Crippen LogP contribution in [-0.2, 0) is 18.3 Å². The van der Waals surface area contributed by atoms with E-state index in [9.17, 15) is 4.79 Å². The summed E-state index contributed by atoms with van der Waals surface area (Å²) >= 11 is 0. The summed E-state index contributed by atoms with van der Waals surface area (Å²) in [6, 6.07) is 5.75. The zero-order chi connectivity index (χ0) is 19.7. The molecule has 1 aromatic carbocycles. The number of rotatable bonds is 4. The number of piperidine rings is 2. The smallest absolute Gasteiger partial charge is 0.239 e. The zero-order valence-corrected chi connectivity index (χ0v) is 17.2. The first-order valence-corrected chi connectivity index (χ1v) is 10.6. The Bertz CT molecular complexity index is 815. The lowest BCUT2D eigenvalue weighted by Crippen LogP contribution is -2.49. The number of hydrogen-bond acceptors (Lipinski definition) is 4. The third-order valence-corrected chi connectivity index (χ3v) is 6.86. The number of nitrogens with zero attached hydrogens (tertiary/aromatic N) is 4. The van der Waals surface area contributed by atoms with Gasteiger partial charge in [-0.25, -0.2) is 0 Å². The summed E-state index contributed by atoms with van der Waals surface area (Å²) < 4.78 is 1.86. The van der Waals surface area contributed by atoms with E-state index in [4.69, 9.17) is 5.73 Å². The van der Waals surface area contributed by atoms with Crippen molar-refractivity contribution in [3.05, 3.63) is 30.0 Å². The average Bonchev–Trinajstić information content (AvgIpc) is 3.08. The maximum absolute atomic E-state index is 12.9. The molecule has 1 atom stereocenters. The van der Waals surface area contributed by atoms with Crippen LogP contribution in [-0.4, -0.2) is 64.8 Å². The minimum atomic E-state index is -0.464. The largest absolute Gasteiger partial charge is 0.341 e. The van der Waals surface area contributed by atoms with Gasteiger partial charge in [0.1, 0.15) is 0 Å². The third-order valence-electron chi connectivity index (χ3n) is 6.86. The molecule has 6 nitrogen and oxygen atoms in total. The molecule has 28 heavy (non-hydrogen) atoms. The fourth-order valence-electron chi connectivity index (χ4n) is 5.01. The number of aryl methyl sites for hydroxylation is 1. The molecule has 152 valence electrons. The van der Waals surface area contributed by atoms with Gasteiger partial charge < -0.3 is 15.5 Å². The highest BCUT2D eigenvalue weighted by molar-refractivity contribution is 5.83. The van der Waals surface area contributed by atoms with Crippen LogP contribution in [0.3, 0.4) is 0 Å². The number of carbonyl (C=O) groups is 1. The van der Waals surface area contributed by atoms with Gasteiger partial charge in [-0.2, -0.15) is 5.10 Å². The molecular formula is C22H33N5O. The highest BCUT2D eigenvalue weighted by Gasteiger charge is 2.31. The van der Waals surface area contributed by atoms with Crippen molar-refractivity contribution in [2.75, 3.05) is 33.2 Å². The first-order valence-electron chi connectivity index (χ1n) is 10.6. The van der Waals surface area contributed by atoms with Crippen LogP contribution >= 0.6 is 0 Å². The number of aromatic nitrogens is 2. The molecule has 0 aliphatic carbocycles. The Hall–Kier alpha value is -1.92. The molecule has 3 heterocycles. The topological polar surface area (TPSA) is 67.4 Å². The van der Waals surface area contributed by atoms with Gasteiger partial charge in [0, 0.05) is 25.5 Å². The molecule has 0 radical (unpaired) electrons. The van der Waals surface area contributed by atoms with Crippen LogP contribution in [0.4, 0.5) is 0 Å². The number of hydrogen-bond donors (Lipinski definition) is 1. The van der Waals surface area contributed by atoms with E-state index in [2.05, 4.69) is 35.2 Å². The van der Waals surface area contributed by atoms with Crippen LogP contribution in [0.2, 0.25) is 0 Å². The SMILES string of the molecule is CN1CCC(C2CCN(C(=O)C(N)Cc3ccc4c(cnn4C)c3)CC2)CC1. The van der Waals surface area contributed by atoms with E-state index < -0.39 is 6.04 Å². The molecule has 0 saturated carbocycles. The molecule has 0 bridgehead atoms. The average molecular weight is 384 g/mol. The fourth-order valence-corrected chi connectivity index (χ4v) is 5.01. The van der Waals surface area contributed by atoms with E-state index in [0.29, 0.717) is 6.42 Å². The van der Waals surface area contributed by atoms with Crippen LogP contribution < -0.4 is 5.73 Å². The van der Waals surface area contributed by atoms with Crippen molar-refractivity contribution < 1.29 is 4.79 Å². The van der Waals surface area contributed by atoms with E-state index in [1.165, 1.54) is 25.9 Å². The second-order valence-corrected chi connectivity index (χ2v) is 8.78. The quantitative estimate of drug-likeness (QED) is 0.877. The maximum atomic E-state index is 12.9. The molecule has 2 N–H and O–H groups in total. The van der Waals surface area contributed by atoms with Gasteiger partial charge in [-0.05, 0) is 81.8 Å². The molecule has 4 rings (SSSR count). The van der Waals surface area contributed by atoms with Gasteiger partial charge in [0.25, 0.3) is 0 Å². The number of amides is 1. The third kappa shape index (κ3) is 4.08. The Balaban J connectivity index is 1.30. The first-order chi connectivity index (χ1) is 13.5. The number of carbonyl (C=O) groups excluding carboxylic acids is 1. The van der Waals surface area contributed by atoms with Crippen molar-refractivity contribution in [3.8, 4) is 0 Å². The van der Waals surface area contributed by atoms with Gasteiger partial charge in [0.05, 0.1) is 17.8 Å². The molecule has 2 aliphatic heterocycles. The van der Waals surface area contributed by atoms with Crippen LogP contribution in [0.5, 0.6) is 0 Å². The number of benzene rings is 1. The van der Waals surface area contributed by atoms with Crippen molar-refractivity contribution in [2.24, 2.45) is 24.6 Å². The van der Waals surface area contributed by atoms with Crippen LogP contribution in [0.25, 0.3) is 10.9 Å². The molecule has 2 aromatic rings. The lowest BCUT2D eigenvalue weighted by Gasteiger charge is -2.40. The van der Waals surface area contributed by atoms with Gasteiger partial charge in [-0.15, -0.1) is 0 Å². The van der Waals surface area contributed by atoms with Crippen LogP contribution in [0.1, 0.15) is 31.2 Å². The van der Waals surface area contributed by atoms with E-state index in [-0.39, 0.29) is 5.91 Å². The van der Waals surface area contributed by atoms with Gasteiger partial charge >= 0.3 is 0 Å². The van der Waals surface area contributed by atoms with Crippen molar-refractivity contribution in [1.82, 2.24) is 19.6 Å². The molecule has 1 amide bonds. The minimum absolute atomic E-state index is 0.105. The van der Waals surface area contributed by atoms with E-state index >= 15 is 0 Å². The molecule has 2 saturated heterocycles. The Morgan fingerprint density at radius 1 is 1.11 bits per heavy atom. The molecule has 2 aliphatic rings. The Labute approximate surface area is 167 Å². The summed E-state index contributed by atoms with van der Waals surface area (Å²) in [6.07, 6.45) is 7.33. The molecule has 1 aromatic heterocycles. The zero-order valence-electron chi connectivity index (χ0n) is 17.2. The van der Waals surface area contributed by atoms with Crippen molar-refractivity contribution in [1.29, 1.82) is 0 Å².